The van der Waals surface area contributed by atoms with Crippen LogP contribution in [0.25, 0.3) is 0 Å². The maximum Gasteiger partial charge on any atom is 0.261 e. The SMILES string of the molecule is Cc1ccc(NS(=O)(=O)c2ccc(CCC(=O)N3c4ccc(Br)cc4C[C@H]3C)cc2)cc1. The van der Waals surface area contributed by atoms with E-state index in [0.717, 1.165) is 27.7 Å². The van der Waals surface area contributed by atoms with E-state index in [1.165, 1.54) is 5.56 Å². The van der Waals surface area contributed by atoms with Gasteiger partial charge in [0, 0.05) is 28.3 Å². The molecule has 1 N–H and O–H groups in total. The Bertz CT molecular complexity index is 1240. The highest BCUT2D eigenvalue weighted by Crippen LogP contribution is 2.34. The van der Waals surface area contributed by atoms with Crippen LogP contribution in [0.3, 0.4) is 0 Å². The van der Waals surface area contributed by atoms with E-state index in [4.69, 9.17) is 0 Å². The number of hydrogen-bond acceptors (Lipinski definition) is 3. The van der Waals surface area contributed by atoms with E-state index in [9.17, 15) is 13.2 Å². The zero-order chi connectivity index (χ0) is 22.9. The molecule has 1 amide bonds. The molecule has 3 aromatic carbocycles. The number of sulfonamides is 1. The number of halogens is 1. The van der Waals surface area contributed by atoms with Crippen molar-refractivity contribution in [1.82, 2.24) is 0 Å². The van der Waals surface area contributed by atoms with Crippen LogP contribution in [-0.2, 0) is 27.7 Å². The predicted molar refractivity (Wildman–Crippen MR) is 132 cm³/mol. The molecule has 166 valence electrons. The molecule has 1 aliphatic rings. The minimum absolute atomic E-state index is 0.0799. The zero-order valence-corrected chi connectivity index (χ0v) is 20.4. The Morgan fingerprint density at radius 2 is 1.75 bits per heavy atom. The van der Waals surface area contributed by atoms with Gasteiger partial charge in [-0.15, -0.1) is 0 Å². The van der Waals surface area contributed by atoms with Gasteiger partial charge in [-0.3, -0.25) is 9.52 Å². The number of aryl methyl sites for hydroxylation is 2. The van der Waals surface area contributed by atoms with Crippen LogP contribution in [0.15, 0.2) is 76.1 Å². The molecule has 0 unspecified atom stereocenters. The van der Waals surface area contributed by atoms with E-state index in [0.29, 0.717) is 18.5 Å². The smallest absolute Gasteiger partial charge is 0.261 e. The van der Waals surface area contributed by atoms with Crippen LogP contribution in [0, 0.1) is 6.92 Å². The number of nitrogens with zero attached hydrogens (tertiary/aromatic N) is 1. The molecule has 4 rings (SSSR count). The topological polar surface area (TPSA) is 66.5 Å². The Morgan fingerprint density at radius 3 is 2.44 bits per heavy atom. The van der Waals surface area contributed by atoms with E-state index in [-0.39, 0.29) is 16.8 Å². The molecule has 32 heavy (non-hydrogen) atoms. The summed E-state index contributed by atoms with van der Waals surface area (Å²) in [7, 11) is -3.66. The van der Waals surface area contributed by atoms with E-state index in [1.54, 1.807) is 36.4 Å². The molecule has 1 heterocycles. The summed E-state index contributed by atoms with van der Waals surface area (Å²) in [5.74, 6) is 0.0799. The second-order valence-corrected chi connectivity index (χ2v) is 10.8. The predicted octanol–water partition coefficient (Wildman–Crippen LogP) is 5.47. The van der Waals surface area contributed by atoms with Gasteiger partial charge in [0.2, 0.25) is 5.91 Å². The number of anilines is 2. The first kappa shape index (κ1) is 22.6. The fourth-order valence-electron chi connectivity index (χ4n) is 4.02. The maximum atomic E-state index is 12.9. The monoisotopic (exact) mass is 512 g/mol. The standard InChI is InChI=1S/C25H25BrN2O3S/c1-17-3-9-22(10-4-17)27-32(30,31)23-11-5-19(6-12-23)7-14-25(29)28-18(2)15-20-16-21(26)8-13-24(20)28/h3-6,8-13,16,18,27H,7,14-15H2,1-2H3/t18-/m1/s1. The van der Waals surface area contributed by atoms with Gasteiger partial charge in [0.1, 0.15) is 0 Å². The first-order chi connectivity index (χ1) is 15.2. The lowest BCUT2D eigenvalue weighted by Gasteiger charge is -2.23. The Balaban J connectivity index is 1.40. The second kappa shape index (κ2) is 9.08. The summed E-state index contributed by atoms with van der Waals surface area (Å²) >= 11 is 3.49. The normalized spacial score (nSPS) is 15.5. The maximum absolute atomic E-state index is 12.9. The lowest BCUT2D eigenvalue weighted by atomic mass is 10.1. The highest BCUT2D eigenvalue weighted by Gasteiger charge is 2.30. The van der Waals surface area contributed by atoms with Gasteiger partial charge in [-0.2, -0.15) is 0 Å². The molecular weight excluding hydrogens is 488 g/mol. The molecule has 5 nitrogen and oxygen atoms in total. The largest absolute Gasteiger partial charge is 0.309 e. The molecule has 0 spiro atoms. The van der Waals surface area contributed by atoms with Crippen molar-refractivity contribution in [2.45, 2.75) is 44.0 Å². The molecule has 0 saturated heterocycles. The Morgan fingerprint density at radius 1 is 1.06 bits per heavy atom. The highest BCUT2D eigenvalue weighted by molar-refractivity contribution is 9.10. The Labute approximate surface area is 197 Å². The summed E-state index contributed by atoms with van der Waals surface area (Å²) < 4.78 is 28.9. The number of benzene rings is 3. The fraction of sp³-hybridized carbons (Fsp3) is 0.240. The van der Waals surface area contributed by atoms with Gasteiger partial charge in [0.05, 0.1) is 4.90 Å². The van der Waals surface area contributed by atoms with Crippen molar-refractivity contribution in [2.75, 3.05) is 9.62 Å². The van der Waals surface area contributed by atoms with Crippen LogP contribution in [0.2, 0.25) is 0 Å². The number of carbonyl (C=O) groups is 1. The third-order valence-corrected chi connectivity index (χ3v) is 7.58. The second-order valence-electron chi connectivity index (χ2n) is 8.21. The van der Waals surface area contributed by atoms with E-state index < -0.39 is 10.0 Å². The number of rotatable bonds is 6. The number of amides is 1. The Hall–Kier alpha value is -2.64. The number of fused-ring (bicyclic) bond motifs is 1. The third-order valence-electron chi connectivity index (χ3n) is 5.69. The summed E-state index contributed by atoms with van der Waals surface area (Å²) in [6, 6.07) is 20.1. The molecule has 0 saturated carbocycles. The van der Waals surface area contributed by atoms with Crippen molar-refractivity contribution in [3.05, 3.63) is 87.9 Å². The minimum atomic E-state index is -3.66. The lowest BCUT2D eigenvalue weighted by Crippen LogP contribution is -2.35. The molecule has 0 aromatic heterocycles. The van der Waals surface area contributed by atoms with Gasteiger partial charge in [0.25, 0.3) is 10.0 Å². The summed E-state index contributed by atoms with van der Waals surface area (Å²) in [4.78, 5) is 15.0. The third kappa shape index (κ3) is 4.89. The van der Waals surface area contributed by atoms with E-state index in [2.05, 4.69) is 33.6 Å². The number of hydrogen-bond donors (Lipinski definition) is 1. The van der Waals surface area contributed by atoms with Gasteiger partial charge < -0.3 is 4.90 Å². The van der Waals surface area contributed by atoms with Crippen LogP contribution >= 0.6 is 15.9 Å². The number of nitrogens with one attached hydrogen (secondary N) is 1. The summed E-state index contributed by atoms with van der Waals surface area (Å²) in [6.07, 6.45) is 1.77. The molecule has 0 radical (unpaired) electrons. The lowest BCUT2D eigenvalue weighted by molar-refractivity contribution is -0.118. The van der Waals surface area contributed by atoms with Crippen LogP contribution in [-0.4, -0.2) is 20.4 Å². The van der Waals surface area contributed by atoms with Gasteiger partial charge >= 0.3 is 0 Å². The minimum Gasteiger partial charge on any atom is -0.309 e. The molecule has 7 heteroatoms. The van der Waals surface area contributed by atoms with Crippen LogP contribution in [0.4, 0.5) is 11.4 Å². The van der Waals surface area contributed by atoms with E-state index in [1.807, 2.05) is 36.1 Å². The van der Waals surface area contributed by atoms with Gasteiger partial charge in [-0.05, 0) is 80.3 Å². The quantitative estimate of drug-likeness (QED) is 0.476. The molecule has 3 aromatic rings. The zero-order valence-electron chi connectivity index (χ0n) is 18.0. The summed E-state index contributed by atoms with van der Waals surface area (Å²) in [5, 5.41) is 0. The van der Waals surface area contributed by atoms with Crippen molar-refractivity contribution in [2.24, 2.45) is 0 Å². The Kier molecular flexibility index (Phi) is 6.40. The van der Waals surface area contributed by atoms with Crippen molar-refractivity contribution in [3.63, 3.8) is 0 Å². The number of carbonyl (C=O) groups excluding carboxylic acids is 1. The van der Waals surface area contributed by atoms with Crippen LogP contribution in [0.1, 0.15) is 30.0 Å². The average Bonchev–Trinajstić information content (AvgIpc) is 3.08. The highest BCUT2D eigenvalue weighted by atomic mass is 79.9. The van der Waals surface area contributed by atoms with Crippen molar-refractivity contribution >= 4 is 43.2 Å². The molecule has 0 fully saturated rings. The fourth-order valence-corrected chi connectivity index (χ4v) is 5.49. The first-order valence-corrected chi connectivity index (χ1v) is 12.8. The molecule has 1 aliphatic heterocycles. The van der Waals surface area contributed by atoms with Crippen molar-refractivity contribution in [1.29, 1.82) is 0 Å². The molecule has 0 aliphatic carbocycles. The van der Waals surface area contributed by atoms with Crippen molar-refractivity contribution < 1.29 is 13.2 Å². The summed E-state index contributed by atoms with van der Waals surface area (Å²) in [6.45, 7) is 4.01. The summed E-state index contributed by atoms with van der Waals surface area (Å²) in [5.41, 5.74) is 4.67. The van der Waals surface area contributed by atoms with Gasteiger partial charge in [0.15, 0.2) is 0 Å². The average molecular weight is 513 g/mol. The van der Waals surface area contributed by atoms with Crippen LogP contribution in [0.5, 0.6) is 0 Å². The van der Waals surface area contributed by atoms with Crippen LogP contribution < -0.4 is 9.62 Å². The van der Waals surface area contributed by atoms with Gasteiger partial charge in [-0.1, -0.05) is 45.8 Å². The van der Waals surface area contributed by atoms with Crippen molar-refractivity contribution in [3.8, 4) is 0 Å². The van der Waals surface area contributed by atoms with Gasteiger partial charge in [-0.25, -0.2) is 8.42 Å². The van der Waals surface area contributed by atoms with E-state index >= 15 is 0 Å². The molecule has 1 atom stereocenters. The molecular formula is C25H25BrN2O3S. The first-order valence-electron chi connectivity index (χ1n) is 10.5. The molecule has 0 bridgehead atoms.